The van der Waals surface area contributed by atoms with Gasteiger partial charge in [0.05, 0.1) is 36.4 Å². The van der Waals surface area contributed by atoms with Crippen LogP contribution in [-0.2, 0) is 20.9 Å². The molecule has 2 aromatic carbocycles. The number of hydrogen-bond acceptors (Lipinski definition) is 7. The Morgan fingerprint density at radius 3 is 2.62 bits per heavy atom. The average molecular weight is 479 g/mol. The van der Waals surface area contributed by atoms with E-state index in [1.54, 1.807) is 11.0 Å². The van der Waals surface area contributed by atoms with Crippen molar-refractivity contribution in [2.45, 2.75) is 23.9 Å². The number of morpholine rings is 1. The zero-order chi connectivity index (χ0) is 23.5. The van der Waals surface area contributed by atoms with Crippen LogP contribution in [0.25, 0.3) is 0 Å². The molecule has 1 atom stereocenters. The molecule has 5 rings (SSSR count). The maximum atomic E-state index is 13.4. The van der Waals surface area contributed by atoms with Crippen molar-refractivity contribution < 1.29 is 14.3 Å². The first kappa shape index (κ1) is 22.4. The van der Waals surface area contributed by atoms with Gasteiger partial charge in [0.2, 0.25) is 17.8 Å². The molecule has 2 aliphatic rings. The minimum absolute atomic E-state index is 0.00349. The van der Waals surface area contributed by atoms with Crippen molar-refractivity contribution in [3.05, 3.63) is 60.2 Å². The van der Waals surface area contributed by atoms with E-state index in [9.17, 15) is 9.59 Å². The topological polar surface area (TPSA) is 92.6 Å². The molecule has 3 heterocycles. The van der Waals surface area contributed by atoms with Crippen molar-refractivity contribution in [3.63, 3.8) is 0 Å². The lowest BCUT2D eigenvalue weighted by molar-refractivity contribution is -0.121. The van der Waals surface area contributed by atoms with E-state index in [0.29, 0.717) is 36.3 Å². The predicted molar refractivity (Wildman–Crippen MR) is 131 cm³/mol. The Morgan fingerprint density at radius 1 is 1.09 bits per heavy atom. The highest BCUT2D eigenvalue weighted by atomic mass is 32.2. The number of anilines is 3. The number of carbonyl (C=O) groups is 2. The van der Waals surface area contributed by atoms with Gasteiger partial charge in [-0.3, -0.25) is 19.1 Å². The second-order valence-electron chi connectivity index (χ2n) is 8.20. The first-order chi connectivity index (χ1) is 16.6. The molecule has 0 bridgehead atoms. The molecule has 2 amide bonds. The molecule has 0 aliphatic carbocycles. The molecule has 9 nitrogen and oxygen atoms in total. The van der Waals surface area contributed by atoms with Gasteiger partial charge in [-0.15, -0.1) is 10.2 Å². The number of carbonyl (C=O) groups excluding carboxylic acids is 2. The van der Waals surface area contributed by atoms with E-state index in [2.05, 4.69) is 37.1 Å². The van der Waals surface area contributed by atoms with Gasteiger partial charge in [-0.1, -0.05) is 54.2 Å². The van der Waals surface area contributed by atoms with Gasteiger partial charge in [0.1, 0.15) is 6.54 Å². The maximum Gasteiger partial charge on any atom is 0.244 e. The van der Waals surface area contributed by atoms with Crippen molar-refractivity contribution in [2.75, 3.05) is 48.0 Å². The quantitative estimate of drug-likeness (QED) is 0.545. The second kappa shape index (κ2) is 9.86. The molecule has 34 heavy (non-hydrogen) atoms. The number of hydrogen-bond donors (Lipinski definition) is 1. The van der Waals surface area contributed by atoms with Crippen molar-refractivity contribution in [3.8, 4) is 0 Å². The van der Waals surface area contributed by atoms with Crippen molar-refractivity contribution in [1.82, 2.24) is 14.8 Å². The Labute approximate surface area is 202 Å². The van der Waals surface area contributed by atoms with Gasteiger partial charge < -0.3 is 15.0 Å². The van der Waals surface area contributed by atoms with Gasteiger partial charge in [-0.05, 0) is 24.6 Å². The van der Waals surface area contributed by atoms with Crippen LogP contribution in [0, 0.1) is 0 Å². The van der Waals surface area contributed by atoms with Crippen LogP contribution < -0.4 is 15.1 Å². The number of fused-ring (bicyclic) bond motifs is 1. The average Bonchev–Trinajstić information content (AvgIpc) is 3.26. The molecule has 2 aliphatic heterocycles. The fourth-order valence-corrected chi connectivity index (χ4v) is 5.03. The number of nitrogens with zero attached hydrogens (tertiary/aromatic N) is 5. The van der Waals surface area contributed by atoms with Crippen LogP contribution >= 0.6 is 11.8 Å². The van der Waals surface area contributed by atoms with E-state index in [-0.39, 0.29) is 18.4 Å². The predicted octanol–water partition coefficient (Wildman–Crippen LogP) is 2.63. The molecule has 0 saturated carbocycles. The zero-order valence-electron chi connectivity index (χ0n) is 18.9. The molecule has 1 N–H and O–H groups in total. The summed E-state index contributed by atoms with van der Waals surface area (Å²) in [4.78, 5) is 29.3. The highest BCUT2D eigenvalue weighted by Crippen LogP contribution is 2.33. The van der Waals surface area contributed by atoms with Crippen LogP contribution in [0.15, 0.2) is 59.8 Å². The molecule has 3 aromatic rings. The highest BCUT2D eigenvalue weighted by molar-refractivity contribution is 8.00. The van der Waals surface area contributed by atoms with E-state index in [4.69, 9.17) is 4.74 Å². The first-order valence-electron chi connectivity index (χ1n) is 11.3. The molecule has 0 radical (unpaired) electrons. The monoisotopic (exact) mass is 478 g/mol. The number of thioether (sulfide) groups is 1. The third-order valence-corrected chi connectivity index (χ3v) is 6.91. The summed E-state index contributed by atoms with van der Waals surface area (Å²) in [5.41, 5.74) is 2.48. The first-order valence-corrected chi connectivity index (χ1v) is 12.1. The molecule has 176 valence electrons. The summed E-state index contributed by atoms with van der Waals surface area (Å²) in [5.74, 6) is 0.428. The molecule has 1 fully saturated rings. The van der Waals surface area contributed by atoms with Crippen LogP contribution in [-0.4, -0.2) is 64.7 Å². The van der Waals surface area contributed by atoms with Crippen LogP contribution in [0.3, 0.4) is 0 Å². The standard InChI is InChI=1S/C24H26N6O3S/c1-17(22(32)29-16-21(31)25-19-9-5-6-10-20(19)29)34-24-27-26-23(28-11-13-33-14-12-28)30(24)15-18-7-3-2-4-8-18/h2-10,17H,11-16H2,1H3,(H,25,31)/t17-/m1/s1. The van der Waals surface area contributed by atoms with Crippen molar-refractivity contribution in [1.29, 1.82) is 0 Å². The summed E-state index contributed by atoms with van der Waals surface area (Å²) in [6.07, 6.45) is 0. The van der Waals surface area contributed by atoms with Gasteiger partial charge in [0.15, 0.2) is 5.16 Å². The van der Waals surface area contributed by atoms with Crippen LogP contribution in [0.1, 0.15) is 12.5 Å². The van der Waals surface area contributed by atoms with E-state index in [1.807, 2.05) is 43.3 Å². The summed E-state index contributed by atoms with van der Waals surface area (Å²) < 4.78 is 7.56. The Morgan fingerprint density at radius 2 is 1.82 bits per heavy atom. The summed E-state index contributed by atoms with van der Waals surface area (Å²) in [7, 11) is 0. The van der Waals surface area contributed by atoms with Crippen LogP contribution in [0.5, 0.6) is 0 Å². The van der Waals surface area contributed by atoms with Crippen molar-refractivity contribution >= 4 is 40.9 Å². The molecule has 10 heteroatoms. The fraction of sp³-hybridized carbons (Fsp3) is 0.333. The molecule has 1 aromatic heterocycles. The molecule has 1 saturated heterocycles. The normalized spacial score (nSPS) is 16.7. The van der Waals surface area contributed by atoms with Gasteiger partial charge in [-0.2, -0.15) is 0 Å². The summed E-state index contributed by atoms with van der Waals surface area (Å²) in [6.45, 7) is 5.21. The van der Waals surface area contributed by atoms with Gasteiger partial charge >= 0.3 is 0 Å². The van der Waals surface area contributed by atoms with E-state index >= 15 is 0 Å². The largest absolute Gasteiger partial charge is 0.378 e. The summed E-state index contributed by atoms with van der Waals surface area (Å²) >= 11 is 1.36. The minimum atomic E-state index is -0.463. The lowest BCUT2D eigenvalue weighted by Gasteiger charge is -2.31. The number of benzene rings is 2. The number of rotatable bonds is 6. The number of amides is 2. The molecule has 0 spiro atoms. The van der Waals surface area contributed by atoms with Gasteiger partial charge in [0.25, 0.3) is 0 Å². The number of ether oxygens (including phenoxy) is 1. The SMILES string of the molecule is C[C@@H](Sc1nnc(N2CCOCC2)n1Cc1ccccc1)C(=O)N1CC(=O)Nc2ccccc21. The Bertz CT molecular complexity index is 1180. The van der Waals surface area contributed by atoms with E-state index in [0.717, 1.165) is 24.6 Å². The number of nitrogens with one attached hydrogen (secondary N) is 1. The summed E-state index contributed by atoms with van der Waals surface area (Å²) in [5, 5.41) is 12.0. The highest BCUT2D eigenvalue weighted by Gasteiger charge is 2.31. The lowest BCUT2D eigenvalue weighted by Crippen LogP contribution is -2.45. The van der Waals surface area contributed by atoms with Gasteiger partial charge in [0, 0.05) is 13.1 Å². The zero-order valence-corrected chi connectivity index (χ0v) is 19.7. The Hall–Kier alpha value is -3.37. The maximum absolute atomic E-state index is 13.4. The van der Waals surface area contributed by atoms with Gasteiger partial charge in [-0.25, -0.2) is 0 Å². The van der Waals surface area contributed by atoms with E-state index < -0.39 is 5.25 Å². The third kappa shape index (κ3) is 4.64. The smallest absolute Gasteiger partial charge is 0.244 e. The number of aromatic nitrogens is 3. The third-order valence-electron chi connectivity index (χ3n) is 5.84. The van der Waals surface area contributed by atoms with Crippen LogP contribution in [0.4, 0.5) is 17.3 Å². The molecular weight excluding hydrogens is 452 g/mol. The Kier molecular flexibility index (Phi) is 6.50. The van der Waals surface area contributed by atoms with Crippen molar-refractivity contribution in [2.24, 2.45) is 0 Å². The molecule has 0 unspecified atom stereocenters. The second-order valence-corrected chi connectivity index (χ2v) is 9.51. The fourth-order valence-electron chi connectivity index (χ4n) is 4.13. The lowest BCUT2D eigenvalue weighted by atomic mass is 10.2. The molecular formula is C24H26N6O3S. The number of para-hydroxylation sites is 2. The van der Waals surface area contributed by atoms with Crippen LogP contribution in [0.2, 0.25) is 0 Å². The Balaban J connectivity index is 1.41. The minimum Gasteiger partial charge on any atom is -0.378 e. The van der Waals surface area contributed by atoms with E-state index in [1.165, 1.54) is 11.8 Å². The summed E-state index contributed by atoms with van der Waals surface area (Å²) in [6, 6.07) is 17.5.